The zero-order chi connectivity index (χ0) is 16.3. The largest absolute Gasteiger partial charge is 0.463 e. The van der Waals surface area contributed by atoms with Gasteiger partial charge in [-0.25, -0.2) is 4.79 Å². The van der Waals surface area contributed by atoms with Crippen LogP contribution in [0.2, 0.25) is 0 Å². The van der Waals surface area contributed by atoms with Crippen LogP contribution in [0.1, 0.15) is 30.9 Å². The molecule has 0 aliphatic heterocycles. The Morgan fingerprint density at radius 2 is 1.35 bits per heavy atom. The summed E-state index contributed by atoms with van der Waals surface area (Å²) in [6.07, 6.45) is 5.34. The van der Waals surface area contributed by atoms with Crippen molar-refractivity contribution < 1.29 is 9.53 Å². The summed E-state index contributed by atoms with van der Waals surface area (Å²) in [5.74, 6) is -0.233. The number of carbonyl (C=O) groups is 1. The molecule has 0 heterocycles. The fourth-order valence-electron chi connectivity index (χ4n) is 2.52. The van der Waals surface area contributed by atoms with Crippen LogP contribution >= 0.6 is 0 Å². The van der Waals surface area contributed by atoms with Crippen molar-refractivity contribution in [3.05, 3.63) is 83.4 Å². The van der Waals surface area contributed by atoms with E-state index in [1.54, 1.807) is 6.08 Å². The van der Waals surface area contributed by atoms with Gasteiger partial charge >= 0.3 is 5.97 Å². The second kappa shape index (κ2) is 9.62. The maximum Gasteiger partial charge on any atom is 0.330 e. The smallest absolute Gasteiger partial charge is 0.330 e. The number of allylic oxidation sites excluding steroid dienone is 1. The minimum atomic E-state index is -0.233. The first-order chi connectivity index (χ1) is 11.3. The predicted octanol–water partition coefficient (Wildman–Crippen LogP) is 4.74. The lowest BCUT2D eigenvalue weighted by Gasteiger charge is -2.08. The molecular formula is C21H24O2. The van der Waals surface area contributed by atoms with Crippen LogP contribution in [0.5, 0.6) is 0 Å². The highest BCUT2D eigenvalue weighted by Crippen LogP contribution is 2.16. The van der Waals surface area contributed by atoms with Crippen LogP contribution in [0.4, 0.5) is 0 Å². The van der Waals surface area contributed by atoms with Gasteiger partial charge in [0.1, 0.15) is 0 Å². The summed E-state index contributed by atoms with van der Waals surface area (Å²) in [6.45, 7) is 2.25. The summed E-state index contributed by atoms with van der Waals surface area (Å²) < 4.78 is 5.06. The predicted molar refractivity (Wildman–Crippen MR) is 94.2 cm³/mol. The zero-order valence-corrected chi connectivity index (χ0v) is 13.7. The van der Waals surface area contributed by atoms with Crippen molar-refractivity contribution in [2.45, 2.75) is 32.6 Å². The molecule has 2 heteroatoms. The lowest BCUT2D eigenvalue weighted by atomic mass is 9.98. The number of carbonyl (C=O) groups excluding carboxylic acids is 1. The molecule has 2 nitrogen and oxygen atoms in total. The summed E-state index contributed by atoms with van der Waals surface area (Å²) in [7, 11) is 0. The second-order valence-electron chi connectivity index (χ2n) is 5.53. The van der Waals surface area contributed by atoms with Crippen LogP contribution in [0.3, 0.4) is 0 Å². The van der Waals surface area contributed by atoms with Crippen molar-refractivity contribution in [3.63, 3.8) is 0 Å². The first-order valence-electron chi connectivity index (χ1n) is 8.22. The number of aryl methyl sites for hydroxylation is 2. The van der Waals surface area contributed by atoms with E-state index in [1.807, 2.05) is 43.3 Å². The summed E-state index contributed by atoms with van der Waals surface area (Å²) in [4.78, 5) is 11.8. The molecule has 0 aliphatic carbocycles. The second-order valence-corrected chi connectivity index (χ2v) is 5.53. The number of esters is 1. The van der Waals surface area contributed by atoms with Gasteiger partial charge in [-0.1, -0.05) is 66.2 Å². The number of rotatable bonds is 8. The van der Waals surface area contributed by atoms with Crippen LogP contribution < -0.4 is 0 Å². The molecule has 0 radical (unpaired) electrons. The third kappa shape index (κ3) is 6.52. The molecule has 0 spiro atoms. The Balaban J connectivity index is 1.98. The van der Waals surface area contributed by atoms with Crippen molar-refractivity contribution in [1.82, 2.24) is 0 Å². The molecule has 2 aromatic carbocycles. The quantitative estimate of drug-likeness (QED) is 0.520. The first kappa shape index (κ1) is 17.0. The minimum absolute atomic E-state index is 0.233. The molecule has 0 aromatic heterocycles. The molecule has 0 atom stereocenters. The maximum atomic E-state index is 11.8. The highest BCUT2D eigenvalue weighted by atomic mass is 16.5. The molecule has 0 amide bonds. The molecule has 0 N–H and O–H groups in total. The van der Waals surface area contributed by atoms with Crippen molar-refractivity contribution >= 4 is 5.97 Å². The topological polar surface area (TPSA) is 26.3 Å². The van der Waals surface area contributed by atoms with Gasteiger partial charge in [-0.2, -0.15) is 0 Å². The van der Waals surface area contributed by atoms with Crippen molar-refractivity contribution in [2.75, 3.05) is 6.61 Å². The summed E-state index contributed by atoms with van der Waals surface area (Å²) in [5, 5.41) is 0. The van der Waals surface area contributed by atoms with Gasteiger partial charge in [0.15, 0.2) is 0 Å². The van der Waals surface area contributed by atoms with E-state index in [1.165, 1.54) is 11.1 Å². The highest BCUT2D eigenvalue weighted by molar-refractivity contribution is 5.82. The van der Waals surface area contributed by atoms with Gasteiger partial charge in [0, 0.05) is 6.08 Å². The molecule has 0 aliphatic rings. The Bertz CT molecular complexity index is 569. The molecule has 120 valence electrons. The Morgan fingerprint density at radius 3 is 1.78 bits per heavy atom. The minimum Gasteiger partial charge on any atom is -0.463 e. The summed E-state index contributed by atoms with van der Waals surface area (Å²) >= 11 is 0. The van der Waals surface area contributed by atoms with E-state index < -0.39 is 0 Å². The molecule has 0 saturated carbocycles. The van der Waals surface area contributed by atoms with E-state index in [0.717, 1.165) is 31.3 Å². The SMILES string of the molecule is CCOC(=O)C=C(CCc1ccccc1)CCc1ccccc1. The van der Waals surface area contributed by atoms with Crippen LogP contribution in [0.25, 0.3) is 0 Å². The lowest BCUT2D eigenvalue weighted by molar-refractivity contribution is -0.137. The molecule has 0 fully saturated rings. The molecule has 0 bridgehead atoms. The van der Waals surface area contributed by atoms with Gasteiger partial charge in [-0.05, 0) is 43.7 Å². The maximum absolute atomic E-state index is 11.8. The Labute approximate surface area is 138 Å². The standard InChI is InChI=1S/C21H24O2/c1-2-23-21(22)17-20(15-13-18-9-5-3-6-10-18)16-14-19-11-7-4-8-12-19/h3-12,17H,2,13-16H2,1H3. The highest BCUT2D eigenvalue weighted by Gasteiger charge is 2.05. The third-order valence-electron chi connectivity index (χ3n) is 3.76. The summed E-state index contributed by atoms with van der Waals surface area (Å²) in [5.41, 5.74) is 3.74. The average molecular weight is 308 g/mol. The van der Waals surface area contributed by atoms with Crippen molar-refractivity contribution in [3.8, 4) is 0 Å². The van der Waals surface area contributed by atoms with Gasteiger partial charge in [0.05, 0.1) is 6.61 Å². The number of ether oxygens (including phenoxy) is 1. The summed E-state index contributed by atoms with van der Waals surface area (Å²) in [6, 6.07) is 20.7. The molecule has 2 aromatic rings. The van der Waals surface area contributed by atoms with E-state index in [-0.39, 0.29) is 5.97 Å². The van der Waals surface area contributed by atoms with Gasteiger partial charge in [0.25, 0.3) is 0 Å². The van der Waals surface area contributed by atoms with Crippen LogP contribution in [-0.4, -0.2) is 12.6 Å². The third-order valence-corrected chi connectivity index (χ3v) is 3.76. The Hall–Kier alpha value is -2.35. The van der Waals surface area contributed by atoms with Gasteiger partial charge in [-0.3, -0.25) is 0 Å². The van der Waals surface area contributed by atoms with E-state index in [4.69, 9.17) is 4.74 Å². The normalized spacial score (nSPS) is 10.1. The van der Waals surface area contributed by atoms with Gasteiger partial charge in [0.2, 0.25) is 0 Å². The number of hydrogen-bond acceptors (Lipinski definition) is 2. The molecule has 0 saturated heterocycles. The fourth-order valence-corrected chi connectivity index (χ4v) is 2.52. The fraction of sp³-hybridized carbons (Fsp3) is 0.286. The zero-order valence-electron chi connectivity index (χ0n) is 13.7. The first-order valence-corrected chi connectivity index (χ1v) is 8.22. The van der Waals surface area contributed by atoms with Crippen LogP contribution in [0, 0.1) is 0 Å². The van der Waals surface area contributed by atoms with Crippen molar-refractivity contribution in [2.24, 2.45) is 0 Å². The van der Waals surface area contributed by atoms with Crippen LogP contribution in [-0.2, 0) is 22.4 Å². The van der Waals surface area contributed by atoms with Crippen LogP contribution in [0.15, 0.2) is 72.3 Å². The Morgan fingerprint density at radius 1 is 0.870 bits per heavy atom. The van der Waals surface area contributed by atoms with Gasteiger partial charge < -0.3 is 4.74 Å². The molecule has 23 heavy (non-hydrogen) atoms. The van der Waals surface area contributed by atoms with E-state index in [0.29, 0.717) is 6.61 Å². The van der Waals surface area contributed by atoms with Crippen molar-refractivity contribution in [1.29, 1.82) is 0 Å². The monoisotopic (exact) mass is 308 g/mol. The average Bonchev–Trinajstić information content (AvgIpc) is 2.59. The number of hydrogen-bond donors (Lipinski definition) is 0. The van der Waals surface area contributed by atoms with Gasteiger partial charge in [-0.15, -0.1) is 0 Å². The lowest BCUT2D eigenvalue weighted by Crippen LogP contribution is -2.03. The molecular weight excluding hydrogens is 284 g/mol. The van der Waals surface area contributed by atoms with E-state index in [2.05, 4.69) is 24.3 Å². The van der Waals surface area contributed by atoms with E-state index in [9.17, 15) is 4.79 Å². The molecule has 2 rings (SSSR count). The van der Waals surface area contributed by atoms with E-state index >= 15 is 0 Å². The molecule has 0 unspecified atom stereocenters. The number of benzene rings is 2. The Kier molecular flexibility index (Phi) is 7.12.